The standard InChI is InChI=1S/C19H36O2S/c1-3-4-5-6-7-8-9-10-11-12-14-17-18(22-17)15-13-16-19(20)21-2/h17-18H,3-16H2,1-2H3. The Morgan fingerprint density at radius 3 is 1.86 bits per heavy atom. The van der Waals surface area contributed by atoms with E-state index in [2.05, 4.69) is 23.4 Å². The Kier molecular flexibility index (Phi) is 12.0. The fourth-order valence-corrected chi connectivity index (χ4v) is 4.31. The molecule has 0 aromatic carbocycles. The number of carbonyl (C=O) groups excluding carboxylic acids is 1. The largest absolute Gasteiger partial charge is 0.469 e. The molecule has 0 radical (unpaired) electrons. The van der Waals surface area contributed by atoms with Crippen LogP contribution in [0.1, 0.15) is 96.8 Å². The summed E-state index contributed by atoms with van der Waals surface area (Å²) < 4.78 is 4.67. The van der Waals surface area contributed by atoms with Crippen LogP contribution in [0.4, 0.5) is 0 Å². The topological polar surface area (TPSA) is 26.3 Å². The van der Waals surface area contributed by atoms with Crippen molar-refractivity contribution in [2.75, 3.05) is 7.11 Å². The Hall–Kier alpha value is -0.180. The predicted octanol–water partition coefficient (Wildman–Crippen LogP) is 6.12. The van der Waals surface area contributed by atoms with Gasteiger partial charge in [-0.3, -0.25) is 4.79 Å². The molecule has 0 spiro atoms. The first-order chi connectivity index (χ1) is 10.8. The van der Waals surface area contributed by atoms with Crippen molar-refractivity contribution in [3.63, 3.8) is 0 Å². The second-order valence-corrected chi connectivity index (χ2v) is 8.14. The fraction of sp³-hybridized carbons (Fsp3) is 0.947. The molecule has 22 heavy (non-hydrogen) atoms. The third kappa shape index (κ3) is 10.5. The molecule has 2 nitrogen and oxygen atoms in total. The third-order valence-corrected chi connectivity index (χ3v) is 6.14. The van der Waals surface area contributed by atoms with Crippen LogP contribution in [0.3, 0.4) is 0 Å². The zero-order valence-corrected chi connectivity index (χ0v) is 15.6. The van der Waals surface area contributed by atoms with Gasteiger partial charge in [-0.25, -0.2) is 0 Å². The molecule has 0 saturated carbocycles. The first kappa shape index (κ1) is 19.9. The van der Waals surface area contributed by atoms with Gasteiger partial charge in [0, 0.05) is 16.9 Å². The average Bonchev–Trinajstić information content (AvgIpc) is 3.27. The Bertz CT molecular complexity index is 281. The summed E-state index contributed by atoms with van der Waals surface area (Å²) in [7, 11) is 1.47. The minimum absolute atomic E-state index is 0.0584. The van der Waals surface area contributed by atoms with Gasteiger partial charge in [-0.15, -0.1) is 0 Å². The van der Waals surface area contributed by atoms with Gasteiger partial charge in [-0.1, -0.05) is 71.1 Å². The van der Waals surface area contributed by atoms with Crippen LogP contribution in [0.25, 0.3) is 0 Å². The van der Waals surface area contributed by atoms with E-state index in [1.54, 1.807) is 0 Å². The van der Waals surface area contributed by atoms with Gasteiger partial charge in [0.25, 0.3) is 0 Å². The highest BCUT2D eigenvalue weighted by Crippen LogP contribution is 2.47. The zero-order chi connectivity index (χ0) is 16.0. The van der Waals surface area contributed by atoms with Crippen molar-refractivity contribution in [3.8, 4) is 0 Å². The lowest BCUT2D eigenvalue weighted by molar-refractivity contribution is -0.140. The lowest BCUT2D eigenvalue weighted by Gasteiger charge is -2.02. The van der Waals surface area contributed by atoms with Gasteiger partial charge in [0.2, 0.25) is 0 Å². The van der Waals surface area contributed by atoms with E-state index >= 15 is 0 Å². The molecule has 1 fully saturated rings. The van der Waals surface area contributed by atoms with Gasteiger partial charge in [-0.2, -0.15) is 11.8 Å². The number of hydrogen-bond donors (Lipinski definition) is 0. The highest BCUT2D eigenvalue weighted by atomic mass is 32.2. The molecule has 3 heteroatoms. The molecule has 1 heterocycles. The van der Waals surface area contributed by atoms with Crippen molar-refractivity contribution in [2.24, 2.45) is 0 Å². The third-order valence-electron chi connectivity index (χ3n) is 4.63. The molecule has 0 aliphatic carbocycles. The van der Waals surface area contributed by atoms with Crippen LogP contribution in [0.2, 0.25) is 0 Å². The molecule has 0 N–H and O–H groups in total. The van der Waals surface area contributed by atoms with Gasteiger partial charge < -0.3 is 4.74 Å². The maximum Gasteiger partial charge on any atom is 0.305 e. The molecule has 2 unspecified atom stereocenters. The summed E-state index contributed by atoms with van der Waals surface area (Å²) in [6, 6.07) is 0. The van der Waals surface area contributed by atoms with E-state index in [1.165, 1.54) is 84.2 Å². The summed E-state index contributed by atoms with van der Waals surface area (Å²) in [5, 5.41) is 1.73. The van der Waals surface area contributed by atoms with E-state index in [0.29, 0.717) is 6.42 Å². The first-order valence-electron chi connectivity index (χ1n) is 9.50. The van der Waals surface area contributed by atoms with Crippen molar-refractivity contribution in [1.82, 2.24) is 0 Å². The first-order valence-corrected chi connectivity index (χ1v) is 10.4. The van der Waals surface area contributed by atoms with Gasteiger partial charge in [0.1, 0.15) is 0 Å². The van der Waals surface area contributed by atoms with Crippen LogP contribution >= 0.6 is 11.8 Å². The van der Waals surface area contributed by atoms with Crippen LogP contribution in [-0.4, -0.2) is 23.6 Å². The van der Waals surface area contributed by atoms with Gasteiger partial charge in [-0.05, 0) is 19.3 Å². The van der Waals surface area contributed by atoms with E-state index in [1.807, 2.05) is 0 Å². The average molecular weight is 329 g/mol. The van der Waals surface area contributed by atoms with Gasteiger partial charge in [0.15, 0.2) is 0 Å². The van der Waals surface area contributed by atoms with Crippen molar-refractivity contribution in [2.45, 2.75) is 107 Å². The van der Waals surface area contributed by atoms with E-state index in [9.17, 15) is 4.79 Å². The number of carbonyl (C=O) groups is 1. The normalized spacial score (nSPS) is 20.1. The molecule has 1 aliphatic rings. The molecule has 0 aromatic rings. The lowest BCUT2D eigenvalue weighted by atomic mass is 10.0. The van der Waals surface area contributed by atoms with Gasteiger partial charge in [0.05, 0.1) is 7.11 Å². The molecule has 1 saturated heterocycles. The number of unbranched alkanes of at least 4 members (excludes halogenated alkanes) is 9. The number of rotatable bonds is 15. The number of methoxy groups -OCH3 is 1. The highest BCUT2D eigenvalue weighted by molar-refractivity contribution is 8.07. The molecule has 0 bridgehead atoms. The minimum atomic E-state index is -0.0584. The van der Waals surface area contributed by atoms with Gasteiger partial charge >= 0.3 is 5.97 Å². The van der Waals surface area contributed by atoms with Crippen molar-refractivity contribution < 1.29 is 9.53 Å². The zero-order valence-electron chi connectivity index (χ0n) is 14.8. The summed E-state index contributed by atoms with van der Waals surface area (Å²) in [6.07, 6.45) is 18.4. The van der Waals surface area contributed by atoms with Crippen LogP contribution in [0, 0.1) is 0 Å². The van der Waals surface area contributed by atoms with Crippen LogP contribution in [0.5, 0.6) is 0 Å². The summed E-state index contributed by atoms with van der Waals surface area (Å²) >= 11 is 2.12. The quantitative estimate of drug-likeness (QED) is 0.206. The monoisotopic (exact) mass is 328 g/mol. The van der Waals surface area contributed by atoms with Crippen LogP contribution in [-0.2, 0) is 9.53 Å². The maximum atomic E-state index is 11.0. The van der Waals surface area contributed by atoms with E-state index < -0.39 is 0 Å². The SMILES string of the molecule is CCCCCCCCCCCCC1SC1CCCC(=O)OC. The van der Waals surface area contributed by atoms with E-state index in [4.69, 9.17) is 0 Å². The lowest BCUT2D eigenvalue weighted by Crippen LogP contribution is -2.01. The van der Waals surface area contributed by atoms with E-state index in [-0.39, 0.29) is 5.97 Å². The summed E-state index contributed by atoms with van der Waals surface area (Å²) in [5.74, 6) is -0.0584. The van der Waals surface area contributed by atoms with Crippen molar-refractivity contribution in [1.29, 1.82) is 0 Å². The second-order valence-electron chi connectivity index (χ2n) is 6.65. The maximum absolute atomic E-state index is 11.0. The Morgan fingerprint density at radius 2 is 1.32 bits per heavy atom. The molecular formula is C19H36O2S. The Balaban J connectivity index is 1.76. The molecule has 1 rings (SSSR count). The molecule has 0 aromatic heterocycles. The van der Waals surface area contributed by atoms with Crippen molar-refractivity contribution in [3.05, 3.63) is 0 Å². The smallest absolute Gasteiger partial charge is 0.305 e. The Morgan fingerprint density at radius 1 is 0.818 bits per heavy atom. The summed E-state index contributed by atoms with van der Waals surface area (Å²) in [4.78, 5) is 11.0. The molecular weight excluding hydrogens is 292 g/mol. The molecule has 1 aliphatic heterocycles. The van der Waals surface area contributed by atoms with Crippen LogP contribution in [0.15, 0.2) is 0 Å². The number of esters is 1. The van der Waals surface area contributed by atoms with E-state index in [0.717, 1.165) is 16.9 Å². The summed E-state index contributed by atoms with van der Waals surface area (Å²) in [5.41, 5.74) is 0. The predicted molar refractivity (Wildman–Crippen MR) is 97.5 cm³/mol. The second kappa shape index (κ2) is 13.3. The number of hydrogen-bond acceptors (Lipinski definition) is 3. The van der Waals surface area contributed by atoms with Crippen molar-refractivity contribution >= 4 is 17.7 Å². The molecule has 2 atom stereocenters. The highest BCUT2D eigenvalue weighted by Gasteiger charge is 2.36. The summed E-state index contributed by atoms with van der Waals surface area (Å²) in [6.45, 7) is 2.28. The number of ether oxygens (including phenoxy) is 1. The van der Waals surface area contributed by atoms with Crippen LogP contribution < -0.4 is 0 Å². The Labute approximate surface area is 142 Å². The number of thioether (sulfide) groups is 1. The minimum Gasteiger partial charge on any atom is -0.469 e. The molecule has 0 amide bonds. The molecule has 130 valence electrons. The fourth-order valence-electron chi connectivity index (χ4n) is 3.07.